The van der Waals surface area contributed by atoms with E-state index >= 15 is 0 Å². The highest BCUT2D eigenvalue weighted by molar-refractivity contribution is 8.01. The molecule has 0 amide bonds. The number of carboxylic acids is 1. The molecule has 0 aliphatic rings. The molecule has 1 heterocycles. The van der Waals surface area contributed by atoms with Crippen LogP contribution in [0.2, 0.25) is 0 Å². The number of carboxylic acid groups (broad SMARTS) is 1. The number of aliphatic carboxylic acids is 1. The lowest BCUT2D eigenvalue weighted by molar-refractivity contribution is -0.136. The van der Waals surface area contributed by atoms with E-state index in [0.717, 1.165) is 28.0 Å². The molecule has 1 N–H and O–H groups in total. The number of carbonyl (C=O) groups is 1. The van der Waals surface area contributed by atoms with E-state index in [9.17, 15) is 4.79 Å². The predicted octanol–water partition coefficient (Wildman–Crippen LogP) is 3.73. The van der Waals surface area contributed by atoms with Gasteiger partial charge in [-0.25, -0.2) is 4.98 Å². The van der Waals surface area contributed by atoms with Gasteiger partial charge in [0.2, 0.25) is 0 Å². The molecule has 0 atom stereocenters. The molecule has 0 saturated carbocycles. The number of thiazole rings is 1. The van der Waals surface area contributed by atoms with E-state index in [-0.39, 0.29) is 6.42 Å². The Morgan fingerprint density at radius 2 is 1.87 bits per heavy atom. The van der Waals surface area contributed by atoms with Gasteiger partial charge in [-0.05, 0) is 30.7 Å². The molecule has 23 heavy (non-hydrogen) atoms. The normalized spacial score (nSPS) is 10.5. The van der Waals surface area contributed by atoms with Crippen molar-refractivity contribution in [2.45, 2.75) is 24.1 Å². The largest absolute Gasteiger partial charge is 0.494 e. The van der Waals surface area contributed by atoms with Crippen molar-refractivity contribution in [3.63, 3.8) is 0 Å². The van der Waals surface area contributed by atoms with Gasteiger partial charge in [0.25, 0.3) is 0 Å². The molecule has 1 aromatic carbocycles. The van der Waals surface area contributed by atoms with E-state index in [1.807, 2.05) is 24.3 Å². The Morgan fingerprint density at radius 3 is 2.48 bits per heavy atom. The van der Waals surface area contributed by atoms with E-state index < -0.39 is 5.97 Å². The molecule has 0 bridgehead atoms. The Kier molecular flexibility index (Phi) is 7.22. The van der Waals surface area contributed by atoms with E-state index in [4.69, 9.17) is 14.6 Å². The van der Waals surface area contributed by atoms with Crippen molar-refractivity contribution in [3.05, 3.63) is 35.3 Å². The zero-order chi connectivity index (χ0) is 16.5. The van der Waals surface area contributed by atoms with Crippen LogP contribution in [0.15, 0.2) is 34.0 Å². The van der Waals surface area contributed by atoms with Gasteiger partial charge in [-0.2, -0.15) is 0 Å². The number of rotatable bonds is 10. The Bertz CT molecular complexity index is 613. The molecule has 0 fully saturated rings. The van der Waals surface area contributed by atoms with Crippen molar-refractivity contribution < 1.29 is 19.4 Å². The summed E-state index contributed by atoms with van der Waals surface area (Å²) >= 11 is 3.03. The quantitative estimate of drug-likeness (QED) is 0.518. The van der Waals surface area contributed by atoms with Crippen LogP contribution in [0.1, 0.15) is 19.0 Å². The second-order valence-electron chi connectivity index (χ2n) is 4.69. The average Bonchev–Trinajstić information content (AvgIpc) is 2.97. The smallest absolute Gasteiger partial charge is 0.309 e. The molecule has 0 unspecified atom stereocenters. The molecule has 0 spiro atoms. The SMILES string of the molecule is CCCOc1ccc(OCCSc2nc(CC(=O)O)cs2)cc1. The Hall–Kier alpha value is -1.73. The number of benzene rings is 1. The molecule has 124 valence electrons. The standard InChI is InChI=1S/C16H19NO4S2/c1-2-7-20-13-3-5-14(6-4-13)21-8-9-22-16-17-12(11-23-16)10-15(18)19/h3-6,11H,2,7-10H2,1H3,(H,18,19). The first-order chi connectivity index (χ1) is 11.2. The molecule has 7 heteroatoms. The lowest BCUT2D eigenvalue weighted by atomic mass is 10.3. The zero-order valence-corrected chi connectivity index (χ0v) is 14.5. The van der Waals surface area contributed by atoms with E-state index in [0.29, 0.717) is 18.9 Å². The third-order valence-electron chi connectivity index (χ3n) is 2.74. The molecule has 2 rings (SSSR count). The van der Waals surface area contributed by atoms with Crippen LogP contribution in [-0.4, -0.2) is 35.0 Å². The van der Waals surface area contributed by atoms with Gasteiger partial charge in [0.1, 0.15) is 15.8 Å². The number of nitrogens with zero attached hydrogens (tertiary/aromatic N) is 1. The molecule has 0 radical (unpaired) electrons. The third kappa shape index (κ3) is 6.50. The second kappa shape index (κ2) is 9.42. The second-order valence-corrected chi connectivity index (χ2v) is 6.89. The molecule has 2 aromatic rings. The van der Waals surface area contributed by atoms with Crippen molar-refractivity contribution in [2.24, 2.45) is 0 Å². The summed E-state index contributed by atoms with van der Waals surface area (Å²) in [5.41, 5.74) is 0.605. The maximum atomic E-state index is 10.6. The third-order valence-corrected chi connectivity index (χ3v) is 4.77. The topological polar surface area (TPSA) is 68.7 Å². The summed E-state index contributed by atoms with van der Waals surface area (Å²) in [6.45, 7) is 3.35. The van der Waals surface area contributed by atoms with E-state index in [1.54, 1.807) is 17.1 Å². The van der Waals surface area contributed by atoms with Gasteiger partial charge >= 0.3 is 5.97 Å². The van der Waals surface area contributed by atoms with Crippen LogP contribution in [0, 0.1) is 0 Å². The van der Waals surface area contributed by atoms with Crippen LogP contribution in [-0.2, 0) is 11.2 Å². The van der Waals surface area contributed by atoms with E-state index in [2.05, 4.69) is 11.9 Å². The monoisotopic (exact) mass is 353 g/mol. The van der Waals surface area contributed by atoms with Gasteiger partial charge in [0, 0.05) is 11.1 Å². The maximum absolute atomic E-state index is 10.6. The minimum Gasteiger partial charge on any atom is -0.494 e. The van der Waals surface area contributed by atoms with Gasteiger partial charge in [-0.15, -0.1) is 11.3 Å². The Morgan fingerprint density at radius 1 is 1.22 bits per heavy atom. The molecule has 0 aliphatic heterocycles. The summed E-state index contributed by atoms with van der Waals surface area (Å²) in [6.07, 6.45) is 0.959. The number of thioether (sulfide) groups is 1. The van der Waals surface area contributed by atoms with Gasteiger partial charge in [-0.3, -0.25) is 4.79 Å². The van der Waals surface area contributed by atoms with Gasteiger partial charge < -0.3 is 14.6 Å². The number of hydrogen-bond donors (Lipinski definition) is 1. The fourth-order valence-electron chi connectivity index (χ4n) is 1.73. The molecule has 0 aliphatic carbocycles. The number of hydrogen-bond acceptors (Lipinski definition) is 6. The predicted molar refractivity (Wildman–Crippen MR) is 91.9 cm³/mol. The van der Waals surface area contributed by atoms with Gasteiger partial charge in [0.15, 0.2) is 0 Å². The first kappa shape index (κ1) is 17.6. The van der Waals surface area contributed by atoms with Crippen LogP contribution in [0.5, 0.6) is 11.5 Å². The molecule has 5 nitrogen and oxygen atoms in total. The zero-order valence-electron chi connectivity index (χ0n) is 12.9. The molecular formula is C16H19NO4S2. The first-order valence-corrected chi connectivity index (χ1v) is 9.18. The summed E-state index contributed by atoms with van der Waals surface area (Å²) < 4.78 is 12.0. The summed E-state index contributed by atoms with van der Waals surface area (Å²) in [5.74, 6) is 1.55. The van der Waals surface area contributed by atoms with Crippen molar-refractivity contribution >= 4 is 29.1 Å². The fraction of sp³-hybridized carbons (Fsp3) is 0.375. The summed E-state index contributed by atoms with van der Waals surface area (Å²) in [5, 5.41) is 10.5. The summed E-state index contributed by atoms with van der Waals surface area (Å²) in [7, 11) is 0. The summed E-state index contributed by atoms with van der Waals surface area (Å²) in [6, 6.07) is 7.59. The number of aromatic nitrogens is 1. The molecule has 1 aromatic heterocycles. The Labute approximate surface area is 143 Å². The van der Waals surface area contributed by atoms with Crippen LogP contribution in [0.3, 0.4) is 0 Å². The van der Waals surface area contributed by atoms with Crippen molar-refractivity contribution in [3.8, 4) is 11.5 Å². The minimum absolute atomic E-state index is 0.0278. The van der Waals surface area contributed by atoms with Crippen LogP contribution < -0.4 is 9.47 Å². The average molecular weight is 353 g/mol. The van der Waals surface area contributed by atoms with Crippen molar-refractivity contribution in [1.82, 2.24) is 4.98 Å². The maximum Gasteiger partial charge on any atom is 0.309 e. The van der Waals surface area contributed by atoms with Crippen LogP contribution in [0.4, 0.5) is 0 Å². The lowest BCUT2D eigenvalue weighted by Gasteiger charge is -2.07. The highest BCUT2D eigenvalue weighted by Gasteiger charge is 2.06. The summed E-state index contributed by atoms with van der Waals surface area (Å²) in [4.78, 5) is 14.9. The van der Waals surface area contributed by atoms with Gasteiger partial charge in [0.05, 0.1) is 25.3 Å². The highest BCUT2D eigenvalue weighted by Crippen LogP contribution is 2.23. The van der Waals surface area contributed by atoms with Gasteiger partial charge in [-0.1, -0.05) is 18.7 Å². The minimum atomic E-state index is -0.860. The lowest BCUT2D eigenvalue weighted by Crippen LogP contribution is -2.01. The van der Waals surface area contributed by atoms with Crippen molar-refractivity contribution in [2.75, 3.05) is 19.0 Å². The van der Waals surface area contributed by atoms with Crippen LogP contribution in [0.25, 0.3) is 0 Å². The number of ether oxygens (including phenoxy) is 2. The van der Waals surface area contributed by atoms with Crippen LogP contribution >= 0.6 is 23.1 Å². The first-order valence-electron chi connectivity index (χ1n) is 7.32. The Balaban J connectivity index is 1.68. The van der Waals surface area contributed by atoms with Crippen molar-refractivity contribution in [1.29, 1.82) is 0 Å². The highest BCUT2D eigenvalue weighted by atomic mass is 32.2. The molecule has 0 saturated heterocycles. The fourth-order valence-corrected chi connectivity index (χ4v) is 3.46. The van der Waals surface area contributed by atoms with E-state index in [1.165, 1.54) is 11.3 Å². The molecular weight excluding hydrogens is 334 g/mol.